The van der Waals surface area contributed by atoms with Crippen molar-refractivity contribution in [3.05, 3.63) is 60.0 Å². The van der Waals surface area contributed by atoms with Gasteiger partial charge in [-0.1, -0.05) is 17.7 Å². The molecule has 0 saturated heterocycles. The third-order valence-corrected chi connectivity index (χ3v) is 3.79. The fourth-order valence-corrected chi connectivity index (χ4v) is 2.57. The Labute approximate surface area is 136 Å². The molecule has 4 rings (SSSR count). The molecule has 7 heteroatoms. The van der Waals surface area contributed by atoms with E-state index in [1.807, 2.05) is 37.3 Å². The smallest absolute Gasteiger partial charge is 0.341 e. The molecule has 1 aromatic carbocycles. The minimum atomic E-state index is -1.07. The lowest BCUT2D eigenvalue weighted by atomic mass is 10.2. The van der Waals surface area contributed by atoms with Gasteiger partial charge in [-0.2, -0.15) is 5.10 Å². The van der Waals surface area contributed by atoms with Crippen LogP contribution >= 0.6 is 0 Å². The van der Waals surface area contributed by atoms with Gasteiger partial charge >= 0.3 is 5.97 Å². The molecule has 3 heterocycles. The predicted octanol–water partition coefficient (Wildman–Crippen LogP) is 3.03. The highest BCUT2D eigenvalue weighted by atomic mass is 16.4. The van der Waals surface area contributed by atoms with Gasteiger partial charge in [0, 0.05) is 17.3 Å². The number of carboxylic acid groups (broad SMARTS) is 1. The van der Waals surface area contributed by atoms with Crippen molar-refractivity contribution in [3.8, 4) is 0 Å². The number of aryl methyl sites for hydroxylation is 1. The molecule has 24 heavy (non-hydrogen) atoms. The Morgan fingerprint density at radius 1 is 1.17 bits per heavy atom. The van der Waals surface area contributed by atoms with E-state index in [4.69, 9.17) is 0 Å². The van der Waals surface area contributed by atoms with Crippen molar-refractivity contribution in [2.45, 2.75) is 6.92 Å². The van der Waals surface area contributed by atoms with Gasteiger partial charge in [-0.15, -0.1) is 0 Å². The lowest BCUT2D eigenvalue weighted by Gasteiger charge is -2.10. The molecular formula is C17H13N5O2. The topological polar surface area (TPSA) is 92.4 Å². The van der Waals surface area contributed by atoms with Crippen LogP contribution in [0.15, 0.2) is 48.9 Å². The summed E-state index contributed by atoms with van der Waals surface area (Å²) in [7, 11) is 0. The normalized spacial score (nSPS) is 11.0. The number of nitrogens with one attached hydrogen (secondary N) is 1. The Bertz CT molecular complexity index is 1070. The number of hydrogen-bond donors (Lipinski definition) is 2. The Kier molecular flexibility index (Phi) is 3.13. The summed E-state index contributed by atoms with van der Waals surface area (Å²) in [5.74, 6) is -0.506. The fraction of sp³-hybridized carbons (Fsp3) is 0.0588. The number of nitrogens with zero attached hydrogens (tertiary/aromatic N) is 4. The quantitative estimate of drug-likeness (QED) is 0.603. The first kappa shape index (κ1) is 14.1. The largest absolute Gasteiger partial charge is 0.477 e. The van der Waals surface area contributed by atoms with E-state index in [0.29, 0.717) is 11.3 Å². The highest BCUT2D eigenvalue weighted by molar-refractivity contribution is 5.98. The van der Waals surface area contributed by atoms with Gasteiger partial charge in [0.15, 0.2) is 5.65 Å². The Morgan fingerprint density at radius 2 is 1.96 bits per heavy atom. The maximum Gasteiger partial charge on any atom is 0.341 e. The number of rotatable bonds is 3. The summed E-state index contributed by atoms with van der Waals surface area (Å²) in [5, 5.41) is 17.5. The van der Waals surface area contributed by atoms with Crippen molar-refractivity contribution in [2.24, 2.45) is 0 Å². The molecule has 2 N–H and O–H groups in total. The number of fused-ring (bicyclic) bond motifs is 3. The second kappa shape index (κ2) is 5.31. The number of benzene rings is 1. The number of hydrogen-bond acceptors (Lipinski definition) is 5. The average molecular weight is 319 g/mol. The first-order valence-corrected chi connectivity index (χ1v) is 7.32. The lowest BCUT2D eigenvalue weighted by molar-refractivity contribution is 0.0699. The van der Waals surface area contributed by atoms with Gasteiger partial charge < -0.3 is 10.4 Å². The molecule has 0 atom stereocenters. The number of pyridine rings is 1. The maximum atomic E-state index is 11.4. The van der Waals surface area contributed by atoms with Gasteiger partial charge in [0.05, 0.1) is 17.9 Å². The Balaban J connectivity index is 1.96. The average Bonchev–Trinajstić information content (AvgIpc) is 3.01. The summed E-state index contributed by atoms with van der Waals surface area (Å²) >= 11 is 0. The van der Waals surface area contributed by atoms with E-state index in [2.05, 4.69) is 20.4 Å². The standard InChI is InChI=1S/C17H13N5O2/c1-10-2-4-11(5-3-10)20-15-12-6-7-18-9-14(12)22-16(21-15)13(8-19-22)17(23)24/h2-9H,1H3,(H,20,21)(H,23,24). The van der Waals surface area contributed by atoms with E-state index < -0.39 is 5.97 Å². The molecule has 0 radical (unpaired) electrons. The van der Waals surface area contributed by atoms with E-state index in [-0.39, 0.29) is 11.2 Å². The van der Waals surface area contributed by atoms with E-state index in [1.54, 1.807) is 12.4 Å². The highest BCUT2D eigenvalue weighted by Crippen LogP contribution is 2.26. The van der Waals surface area contributed by atoms with Crippen LogP contribution in [0.25, 0.3) is 16.6 Å². The molecular weight excluding hydrogens is 306 g/mol. The summed E-state index contributed by atoms with van der Waals surface area (Å²) in [6.45, 7) is 2.01. The van der Waals surface area contributed by atoms with E-state index in [9.17, 15) is 9.90 Å². The van der Waals surface area contributed by atoms with Crippen molar-refractivity contribution < 1.29 is 9.90 Å². The van der Waals surface area contributed by atoms with Crippen LogP contribution in [-0.2, 0) is 0 Å². The molecule has 0 spiro atoms. The maximum absolute atomic E-state index is 11.4. The number of carbonyl (C=O) groups is 1. The fourth-order valence-electron chi connectivity index (χ4n) is 2.57. The van der Waals surface area contributed by atoms with E-state index in [0.717, 1.165) is 16.6 Å². The minimum Gasteiger partial charge on any atom is -0.477 e. The minimum absolute atomic E-state index is 0.0488. The predicted molar refractivity (Wildman–Crippen MR) is 89.7 cm³/mol. The zero-order chi connectivity index (χ0) is 16.7. The van der Waals surface area contributed by atoms with Crippen LogP contribution in [0.2, 0.25) is 0 Å². The molecule has 3 aromatic heterocycles. The molecule has 0 aliphatic rings. The number of anilines is 2. The van der Waals surface area contributed by atoms with Gasteiger partial charge in [0.1, 0.15) is 11.4 Å². The van der Waals surface area contributed by atoms with Gasteiger partial charge in [-0.3, -0.25) is 4.98 Å². The number of aromatic carboxylic acids is 1. The van der Waals surface area contributed by atoms with E-state index in [1.165, 1.54) is 10.7 Å². The second-order valence-electron chi connectivity index (χ2n) is 5.44. The van der Waals surface area contributed by atoms with Crippen molar-refractivity contribution in [1.82, 2.24) is 19.6 Å². The molecule has 0 amide bonds. The van der Waals surface area contributed by atoms with Crippen molar-refractivity contribution >= 4 is 34.0 Å². The SMILES string of the molecule is Cc1ccc(Nc2nc3c(C(=O)O)cnn3c3cnccc23)cc1. The second-order valence-corrected chi connectivity index (χ2v) is 5.44. The molecule has 0 aliphatic heterocycles. The van der Waals surface area contributed by atoms with Crippen LogP contribution in [0.4, 0.5) is 11.5 Å². The molecule has 0 unspecified atom stereocenters. The molecule has 4 aromatic rings. The third kappa shape index (κ3) is 2.23. The molecule has 0 aliphatic carbocycles. The highest BCUT2D eigenvalue weighted by Gasteiger charge is 2.17. The molecule has 118 valence electrons. The molecule has 7 nitrogen and oxygen atoms in total. The van der Waals surface area contributed by atoms with E-state index >= 15 is 0 Å². The first-order valence-electron chi connectivity index (χ1n) is 7.32. The van der Waals surface area contributed by atoms with Gasteiger partial charge in [-0.25, -0.2) is 14.3 Å². The zero-order valence-electron chi connectivity index (χ0n) is 12.8. The van der Waals surface area contributed by atoms with Gasteiger partial charge in [0.25, 0.3) is 0 Å². The number of aromatic nitrogens is 4. The summed E-state index contributed by atoms with van der Waals surface area (Å²) in [6.07, 6.45) is 4.60. The molecule has 0 bridgehead atoms. The molecule has 0 fully saturated rings. The van der Waals surface area contributed by atoms with Crippen LogP contribution < -0.4 is 5.32 Å². The Morgan fingerprint density at radius 3 is 2.71 bits per heavy atom. The van der Waals surface area contributed by atoms with Gasteiger partial charge in [0.2, 0.25) is 0 Å². The summed E-state index contributed by atoms with van der Waals surface area (Å²) in [6, 6.07) is 9.70. The lowest BCUT2D eigenvalue weighted by Crippen LogP contribution is -2.03. The van der Waals surface area contributed by atoms with Crippen LogP contribution in [0, 0.1) is 6.92 Å². The Hall–Kier alpha value is -3.48. The van der Waals surface area contributed by atoms with Crippen molar-refractivity contribution in [3.63, 3.8) is 0 Å². The summed E-state index contributed by atoms with van der Waals surface area (Å²) < 4.78 is 1.49. The number of carboxylic acids is 1. The monoisotopic (exact) mass is 319 g/mol. The van der Waals surface area contributed by atoms with Crippen LogP contribution in [0.5, 0.6) is 0 Å². The third-order valence-electron chi connectivity index (χ3n) is 3.79. The molecule has 0 saturated carbocycles. The van der Waals surface area contributed by atoms with Crippen LogP contribution in [0.3, 0.4) is 0 Å². The zero-order valence-corrected chi connectivity index (χ0v) is 12.8. The van der Waals surface area contributed by atoms with Crippen LogP contribution in [-0.4, -0.2) is 30.7 Å². The van der Waals surface area contributed by atoms with Crippen molar-refractivity contribution in [1.29, 1.82) is 0 Å². The van der Waals surface area contributed by atoms with Crippen molar-refractivity contribution in [2.75, 3.05) is 5.32 Å². The van der Waals surface area contributed by atoms with Gasteiger partial charge in [-0.05, 0) is 25.1 Å². The summed E-state index contributed by atoms with van der Waals surface area (Å²) in [4.78, 5) is 20.0. The summed E-state index contributed by atoms with van der Waals surface area (Å²) in [5.41, 5.74) is 3.03. The van der Waals surface area contributed by atoms with Crippen LogP contribution in [0.1, 0.15) is 15.9 Å². The first-order chi connectivity index (χ1) is 11.6.